The van der Waals surface area contributed by atoms with E-state index in [1.807, 2.05) is 17.2 Å². The van der Waals surface area contributed by atoms with Crippen molar-refractivity contribution in [3.63, 3.8) is 0 Å². The Balaban J connectivity index is 2.73. The Morgan fingerprint density at radius 2 is 2.33 bits per heavy atom. The van der Waals surface area contributed by atoms with E-state index in [4.69, 9.17) is 16.3 Å². The Kier molecular flexibility index (Phi) is 2.09. The zero-order chi connectivity index (χ0) is 8.55. The van der Waals surface area contributed by atoms with Crippen LogP contribution in [-0.4, -0.2) is 26.6 Å². The van der Waals surface area contributed by atoms with Gasteiger partial charge in [-0.15, -0.1) is 0 Å². The van der Waals surface area contributed by atoms with E-state index in [1.165, 1.54) is 4.26 Å². The van der Waals surface area contributed by atoms with Crippen LogP contribution in [0.5, 0.6) is 5.75 Å². The van der Waals surface area contributed by atoms with Crippen LogP contribution < -0.4 is 4.74 Å². The van der Waals surface area contributed by atoms with Crippen molar-refractivity contribution in [2.45, 2.75) is 0 Å². The van der Waals surface area contributed by atoms with Crippen molar-refractivity contribution in [1.82, 2.24) is 4.98 Å². The first-order valence-corrected chi connectivity index (χ1v) is 5.60. The third-order valence-electron chi connectivity index (χ3n) is 1.60. The number of fused-ring (bicyclic) bond motifs is 1. The molecule has 0 aliphatic carbocycles. The second kappa shape index (κ2) is 3.09. The Morgan fingerprint density at radius 1 is 1.50 bits per heavy atom. The number of nitrogens with zero attached hydrogens (tertiary/aromatic N) is 1. The molecule has 1 aromatic carbocycles. The quantitative estimate of drug-likeness (QED) is 0.718. The van der Waals surface area contributed by atoms with Crippen LogP contribution in [0.1, 0.15) is 0 Å². The first kappa shape index (κ1) is 8.11. The summed E-state index contributed by atoms with van der Waals surface area (Å²) in [4.78, 5) is 4.20. The molecule has 2 rings (SSSR count). The Labute approximate surface area is 80.9 Å². The number of hydrogen-bond donors (Lipinski definition) is 0. The molecule has 0 atom stereocenters. The number of rotatable bonds is 1. The average Bonchev–Trinajstić information content (AvgIpc) is 2.49. The van der Waals surface area contributed by atoms with Crippen LogP contribution in [0.15, 0.2) is 17.2 Å². The molecule has 0 amide bonds. The molecule has 0 spiro atoms. The van der Waals surface area contributed by atoms with Crippen molar-refractivity contribution < 1.29 is 4.74 Å². The molecular weight excluding hydrogens is 241 g/mol. The number of halogens is 1. The topological polar surface area (TPSA) is 22.1 Å². The fraction of sp³-hybridized carbons (Fsp3) is 0.125. The number of methoxy groups -OCH3 is 1. The van der Waals surface area contributed by atoms with Gasteiger partial charge >= 0.3 is 80.7 Å². The first-order chi connectivity index (χ1) is 5.81. The number of ether oxygens (including phenoxy) is 1. The molecule has 0 fully saturated rings. The SMILES string of the molecule is COc1cc2[se]cnc2cc1Cl. The molecule has 0 aliphatic rings. The van der Waals surface area contributed by atoms with Gasteiger partial charge in [0.1, 0.15) is 0 Å². The van der Waals surface area contributed by atoms with Crippen LogP contribution in [-0.2, 0) is 0 Å². The minimum absolute atomic E-state index is 0.354. The van der Waals surface area contributed by atoms with Crippen molar-refractivity contribution in [2.75, 3.05) is 7.11 Å². The molecule has 1 aromatic heterocycles. The summed E-state index contributed by atoms with van der Waals surface area (Å²) in [7, 11) is 1.62. The minimum atomic E-state index is 0.354. The number of hydrogen-bond acceptors (Lipinski definition) is 2. The molecule has 62 valence electrons. The third kappa shape index (κ3) is 1.24. The van der Waals surface area contributed by atoms with Gasteiger partial charge in [-0.3, -0.25) is 0 Å². The average molecular weight is 247 g/mol. The van der Waals surface area contributed by atoms with Crippen molar-refractivity contribution in [3.8, 4) is 5.75 Å². The molecule has 0 saturated heterocycles. The van der Waals surface area contributed by atoms with Gasteiger partial charge in [0.2, 0.25) is 0 Å². The predicted octanol–water partition coefficient (Wildman–Crippen LogP) is 1.95. The maximum absolute atomic E-state index is 5.92. The van der Waals surface area contributed by atoms with Gasteiger partial charge in [-0.05, 0) is 0 Å². The number of benzene rings is 1. The van der Waals surface area contributed by atoms with Gasteiger partial charge < -0.3 is 0 Å². The van der Waals surface area contributed by atoms with Crippen molar-refractivity contribution in [3.05, 3.63) is 22.2 Å². The second-order valence-electron chi connectivity index (χ2n) is 2.31. The molecule has 0 radical (unpaired) electrons. The molecule has 4 heteroatoms. The zero-order valence-electron chi connectivity index (χ0n) is 6.37. The van der Waals surface area contributed by atoms with Crippen LogP contribution >= 0.6 is 11.6 Å². The van der Waals surface area contributed by atoms with E-state index >= 15 is 0 Å². The normalized spacial score (nSPS) is 10.5. The zero-order valence-corrected chi connectivity index (χ0v) is 8.84. The molecule has 2 aromatic rings. The van der Waals surface area contributed by atoms with Crippen molar-refractivity contribution in [2.24, 2.45) is 0 Å². The van der Waals surface area contributed by atoms with Crippen molar-refractivity contribution in [1.29, 1.82) is 0 Å². The van der Waals surface area contributed by atoms with Gasteiger partial charge in [0.25, 0.3) is 0 Å². The van der Waals surface area contributed by atoms with Gasteiger partial charge in [-0.2, -0.15) is 0 Å². The summed E-state index contributed by atoms with van der Waals surface area (Å²) in [5.74, 6) is 0.739. The van der Waals surface area contributed by atoms with E-state index in [-0.39, 0.29) is 0 Å². The Hall–Kier alpha value is -0.501. The molecule has 0 bridgehead atoms. The monoisotopic (exact) mass is 247 g/mol. The van der Waals surface area contributed by atoms with Crippen LogP contribution in [0, 0.1) is 0 Å². The Morgan fingerprint density at radius 3 is 3.08 bits per heavy atom. The maximum atomic E-state index is 5.92. The second-order valence-corrected chi connectivity index (χ2v) is 4.57. The fourth-order valence-corrected chi connectivity index (χ4v) is 2.69. The van der Waals surface area contributed by atoms with Gasteiger partial charge in [0.05, 0.1) is 0 Å². The van der Waals surface area contributed by atoms with Crippen LogP contribution in [0.3, 0.4) is 0 Å². The summed E-state index contributed by atoms with van der Waals surface area (Å²) in [6.07, 6.45) is 0. The molecular formula is C8H6ClNOSe. The van der Waals surface area contributed by atoms with E-state index < -0.39 is 0 Å². The van der Waals surface area contributed by atoms with Crippen molar-refractivity contribution >= 4 is 35.9 Å². The molecule has 0 unspecified atom stereocenters. The van der Waals surface area contributed by atoms with Crippen LogP contribution in [0.4, 0.5) is 0 Å². The molecule has 0 saturated carbocycles. The van der Waals surface area contributed by atoms with Gasteiger partial charge in [-0.1, -0.05) is 0 Å². The standard InChI is InChI=1S/C8H6ClNOSe/c1-11-7-3-8-6(2-5(7)9)10-4-12-8/h2-4H,1H3. The first-order valence-electron chi connectivity index (χ1n) is 3.38. The summed E-state index contributed by atoms with van der Waals surface area (Å²) >= 11 is 6.27. The Bertz CT molecular complexity index is 412. The fourth-order valence-electron chi connectivity index (χ4n) is 1.02. The van der Waals surface area contributed by atoms with E-state index in [2.05, 4.69) is 4.98 Å². The third-order valence-corrected chi connectivity index (χ3v) is 3.56. The summed E-state index contributed by atoms with van der Waals surface area (Å²) in [6.45, 7) is 0. The van der Waals surface area contributed by atoms with Crippen LogP contribution in [0.2, 0.25) is 5.02 Å². The summed E-state index contributed by atoms with van der Waals surface area (Å²) in [5.41, 5.74) is 0.987. The summed E-state index contributed by atoms with van der Waals surface area (Å²) in [6, 6.07) is 3.81. The van der Waals surface area contributed by atoms with Gasteiger partial charge in [-0.25, -0.2) is 0 Å². The van der Waals surface area contributed by atoms with Gasteiger partial charge in [0.15, 0.2) is 0 Å². The van der Waals surface area contributed by atoms with E-state index in [0.717, 1.165) is 11.3 Å². The molecule has 0 aliphatic heterocycles. The number of aromatic nitrogens is 1. The predicted molar refractivity (Wildman–Crippen MR) is 50.2 cm³/mol. The molecule has 0 N–H and O–H groups in total. The van der Waals surface area contributed by atoms with E-state index in [9.17, 15) is 0 Å². The molecule has 1 heterocycles. The van der Waals surface area contributed by atoms with Gasteiger partial charge in [0, 0.05) is 0 Å². The van der Waals surface area contributed by atoms with E-state index in [0.29, 0.717) is 19.5 Å². The summed E-state index contributed by atoms with van der Waals surface area (Å²) in [5, 5.41) is 2.57. The van der Waals surface area contributed by atoms with Crippen LogP contribution in [0.25, 0.3) is 9.78 Å². The molecule has 2 nitrogen and oxygen atoms in total. The molecule has 12 heavy (non-hydrogen) atoms. The summed E-state index contributed by atoms with van der Waals surface area (Å²) < 4.78 is 6.33. The van der Waals surface area contributed by atoms with E-state index in [1.54, 1.807) is 7.11 Å².